The Morgan fingerprint density at radius 1 is 1.27 bits per heavy atom. The second-order valence-corrected chi connectivity index (χ2v) is 4.52. The third-order valence-corrected chi connectivity index (χ3v) is 3.51. The molecule has 0 saturated heterocycles. The van der Waals surface area contributed by atoms with Crippen LogP contribution in [0, 0.1) is 17.7 Å². The monoisotopic (exact) mass is 207 g/mol. The maximum absolute atomic E-state index is 13.0. The quantitative estimate of drug-likeness (QED) is 0.810. The van der Waals surface area contributed by atoms with Crippen molar-refractivity contribution in [2.45, 2.75) is 25.7 Å². The summed E-state index contributed by atoms with van der Waals surface area (Å²) in [5, 5.41) is 0. The summed E-state index contributed by atoms with van der Waals surface area (Å²) >= 11 is 0. The van der Waals surface area contributed by atoms with Gasteiger partial charge in [-0.15, -0.1) is 0 Å². The van der Waals surface area contributed by atoms with Crippen molar-refractivity contribution in [2.24, 2.45) is 17.6 Å². The van der Waals surface area contributed by atoms with Gasteiger partial charge in [0.15, 0.2) is 0 Å². The zero-order chi connectivity index (χ0) is 10.7. The van der Waals surface area contributed by atoms with Crippen LogP contribution in [-0.4, -0.2) is 6.54 Å². The Kier molecular flexibility index (Phi) is 3.37. The SMILES string of the molecule is NCC1CCCC1Cc1cccc(F)c1. The van der Waals surface area contributed by atoms with E-state index in [0.717, 1.165) is 18.5 Å². The van der Waals surface area contributed by atoms with Gasteiger partial charge in [0.25, 0.3) is 0 Å². The molecule has 2 unspecified atom stereocenters. The summed E-state index contributed by atoms with van der Waals surface area (Å²) < 4.78 is 13.0. The van der Waals surface area contributed by atoms with Crippen molar-refractivity contribution < 1.29 is 4.39 Å². The topological polar surface area (TPSA) is 26.0 Å². The first kappa shape index (κ1) is 10.6. The van der Waals surface area contributed by atoms with E-state index in [1.807, 2.05) is 6.07 Å². The molecule has 0 aliphatic heterocycles. The molecule has 0 amide bonds. The predicted octanol–water partition coefficient (Wildman–Crippen LogP) is 2.74. The Hall–Kier alpha value is -0.890. The molecule has 0 bridgehead atoms. The van der Waals surface area contributed by atoms with Gasteiger partial charge in [0.1, 0.15) is 5.82 Å². The maximum atomic E-state index is 13.0. The van der Waals surface area contributed by atoms with E-state index in [2.05, 4.69) is 0 Å². The first-order chi connectivity index (χ1) is 7.29. The molecule has 2 atom stereocenters. The van der Waals surface area contributed by atoms with Crippen LogP contribution in [0.15, 0.2) is 24.3 Å². The van der Waals surface area contributed by atoms with Crippen LogP contribution in [0.4, 0.5) is 4.39 Å². The van der Waals surface area contributed by atoms with Crippen molar-refractivity contribution in [2.75, 3.05) is 6.54 Å². The van der Waals surface area contributed by atoms with Gasteiger partial charge in [-0.1, -0.05) is 18.6 Å². The summed E-state index contributed by atoms with van der Waals surface area (Å²) in [6.45, 7) is 0.778. The fourth-order valence-electron chi connectivity index (χ4n) is 2.66. The molecule has 1 aliphatic carbocycles. The van der Waals surface area contributed by atoms with Gasteiger partial charge in [-0.3, -0.25) is 0 Å². The highest BCUT2D eigenvalue weighted by atomic mass is 19.1. The fraction of sp³-hybridized carbons (Fsp3) is 0.538. The Balaban J connectivity index is 2.02. The smallest absolute Gasteiger partial charge is 0.123 e. The zero-order valence-corrected chi connectivity index (χ0v) is 8.95. The van der Waals surface area contributed by atoms with Gasteiger partial charge in [0.05, 0.1) is 0 Å². The summed E-state index contributed by atoms with van der Waals surface area (Å²) in [5.74, 6) is 1.18. The lowest BCUT2D eigenvalue weighted by atomic mass is 9.90. The van der Waals surface area contributed by atoms with Gasteiger partial charge >= 0.3 is 0 Å². The second-order valence-electron chi connectivity index (χ2n) is 4.52. The lowest BCUT2D eigenvalue weighted by Gasteiger charge is -2.17. The van der Waals surface area contributed by atoms with Crippen LogP contribution in [0.3, 0.4) is 0 Å². The van der Waals surface area contributed by atoms with Crippen molar-refractivity contribution in [3.63, 3.8) is 0 Å². The largest absolute Gasteiger partial charge is 0.330 e. The minimum Gasteiger partial charge on any atom is -0.330 e. The summed E-state index contributed by atoms with van der Waals surface area (Å²) in [6.07, 6.45) is 4.76. The average Bonchev–Trinajstić information content (AvgIpc) is 2.65. The van der Waals surface area contributed by atoms with Crippen molar-refractivity contribution in [1.82, 2.24) is 0 Å². The molecule has 0 radical (unpaired) electrons. The minimum absolute atomic E-state index is 0.130. The fourth-order valence-corrected chi connectivity index (χ4v) is 2.66. The van der Waals surface area contributed by atoms with Gasteiger partial charge in [-0.25, -0.2) is 4.39 Å². The van der Waals surface area contributed by atoms with E-state index >= 15 is 0 Å². The Morgan fingerprint density at radius 2 is 2.07 bits per heavy atom. The molecule has 1 aliphatic rings. The molecule has 0 heterocycles. The van der Waals surface area contributed by atoms with Crippen LogP contribution in [0.1, 0.15) is 24.8 Å². The number of halogens is 1. The van der Waals surface area contributed by atoms with Crippen LogP contribution in [-0.2, 0) is 6.42 Å². The van der Waals surface area contributed by atoms with Gasteiger partial charge in [0.2, 0.25) is 0 Å². The molecule has 1 saturated carbocycles. The molecular weight excluding hydrogens is 189 g/mol. The zero-order valence-electron chi connectivity index (χ0n) is 8.95. The van der Waals surface area contributed by atoms with Crippen LogP contribution >= 0.6 is 0 Å². The third-order valence-electron chi connectivity index (χ3n) is 3.51. The van der Waals surface area contributed by atoms with Gasteiger partial charge < -0.3 is 5.73 Å². The van der Waals surface area contributed by atoms with Crippen LogP contribution in [0.2, 0.25) is 0 Å². The molecule has 2 rings (SSSR count). The number of rotatable bonds is 3. The van der Waals surface area contributed by atoms with E-state index in [1.54, 1.807) is 12.1 Å². The van der Waals surface area contributed by atoms with E-state index in [1.165, 1.54) is 25.3 Å². The van der Waals surface area contributed by atoms with E-state index < -0.39 is 0 Å². The number of benzene rings is 1. The molecule has 1 nitrogen and oxygen atoms in total. The van der Waals surface area contributed by atoms with Crippen LogP contribution in [0.5, 0.6) is 0 Å². The number of hydrogen-bond donors (Lipinski definition) is 1. The minimum atomic E-state index is -0.130. The molecule has 15 heavy (non-hydrogen) atoms. The molecule has 2 N–H and O–H groups in total. The molecule has 0 aromatic heterocycles. The van der Waals surface area contributed by atoms with E-state index in [0.29, 0.717) is 11.8 Å². The third kappa shape index (κ3) is 2.57. The molecule has 1 aromatic carbocycles. The maximum Gasteiger partial charge on any atom is 0.123 e. The van der Waals surface area contributed by atoms with Crippen molar-refractivity contribution in [3.05, 3.63) is 35.6 Å². The highest BCUT2D eigenvalue weighted by Crippen LogP contribution is 2.33. The summed E-state index contributed by atoms with van der Waals surface area (Å²) in [6, 6.07) is 6.94. The molecular formula is C13H18FN. The number of nitrogens with two attached hydrogens (primary N) is 1. The Bertz CT molecular complexity index is 324. The Labute approximate surface area is 90.5 Å². The van der Waals surface area contributed by atoms with E-state index in [9.17, 15) is 4.39 Å². The van der Waals surface area contributed by atoms with Gasteiger partial charge in [-0.2, -0.15) is 0 Å². The van der Waals surface area contributed by atoms with E-state index in [4.69, 9.17) is 5.73 Å². The first-order valence-corrected chi connectivity index (χ1v) is 5.74. The highest BCUT2D eigenvalue weighted by Gasteiger charge is 2.25. The average molecular weight is 207 g/mol. The van der Waals surface area contributed by atoms with Crippen LogP contribution in [0.25, 0.3) is 0 Å². The normalized spacial score (nSPS) is 25.7. The van der Waals surface area contributed by atoms with Crippen molar-refractivity contribution >= 4 is 0 Å². The standard InChI is InChI=1S/C13H18FN/c14-13-6-1-3-10(8-13)7-11-4-2-5-12(11)9-15/h1,3,6,8,11-12H,2,4-5,7,9,15H2. The highest BCUT2D eigenvalue weighted by molar-refractivity contribution is 5.17. The lowest BCUT2D eigenvalue weighted by Crippen LogP contribution is -2.20. The summed E-state index contributed by atoms with van der Waals surface area (Å²) in [5.41, 5.74) is 6.85. The molecule has 1 aromatic rings. The van der Waals surface area contributed by atoms with E-state index in [-0.39, 0.29) is 5.82 Å². The van der Waals surface area contributed by atoms with Gasteiger partial charge in [-0.05, 0) is 55.3 Å². The molecule has 2 heteroatoms. The second kappa shape index (κ2) is 4.75. The van der Waals surface area contributed by atoms with Crippen molar-refractivity contribution in [1.29, 1.82) is 0 Å². The summed E-state index contributed by atoms with van der Waals surface area (Å²) in [7, 11) is 0. The lowest BCUT2D eigenvalue weighted by molar-refractivity contribution is 0.394. The Morgan fingerprint density at radius 3 is 2.80 bits per heavy atom. The molecule has 0 spiro atoms. The van der Waals surface area contributed by atoms with Crippen molar-refractivity contribution in [3.8, 4) is 0 Å². The molecule has 1 fully saturated rings. The molecule has 82 valence electrons. The number of hydrogen-bond acceptors (Lipinski definition) is 1. The van der Waals surface area contributed by atoms with Crippen LogP contribution < -0.4 is 5.73 Å². The predicted molar refractivity (Wildman–Crippen MR) is 60.0 cm³/mol. The van der Waals surface area contributed by atoms with Gasteiger partial charge in [0, 0.05) is 0 Å². The summed E-state index contributed by atoms with van der Waals surface area (Å²) in [4.78, 5) is 0. The first-order valence-electron chi connectivity index (χ1n) is 5.74.